The summed E-state index contributed by atoms with van der Waals surface area (Å²) in [6, 6.07) is 5.67. The number of nitrogens with zero attached hydrogens (tertiary/aromatic N) is 4. The molecule has 16 heavy (non-hydrogen) atoms. The van der Waals surface area contributed by atoms with Crippen LogP contribution in [0.5, 0.6) is 0 Å². The smallest absolute Gasteiger partial charge is 0.145 e. The summed E-state index contributed by atoms with van der Waals surface area (Å²) in [6.07, 6.45) is 4.01. The summed E-state index contributed by atoms with van der Waals surface area (Å²) in [4.78, 5) is 3.92. The van der Waals surface area contributed by atoms with Crippen molar-refractivity contribution in [2.45, 2.75) is 13.3 Å². The van der Waals surface area contributed by atoms with Crippen LogP contribution in [0.15, 0.2) is 24.5 Å². The first-order chi connectivity index (χ1) is 7.77. The van der Waals surface area contributed by atoms with Gasteiger partial charge in [0, 0.05) is 12.4 Å². The normalized spacial score (nSPS) is 10.0. The molecule has 0 bridgehead atoms. The molecule has 0 aliphatic rings. The van der Waals surface area contributed by atoms with E-state index in [1.807, 2.05) is 6.92 Å². The van der Waals surface area contributed by atoms with E-state index in [-0.39, 0.29) is 0 Å². The number of anilines is 1. The number of nitrogens with two attached hydrogens (primary N) is 1. The van der Waals surface area contributed by atoms with E-state index in [0.717, 1.165) is 11.4 Å². The fourth-order valence-electron chi connectivity index (χ4n) is 1.53. The molecule has 0 fully saturated rings. The van der Waals surface area contributed by atoms with Crippen LogP contribution in [0.4, 0.5) is 5.82 Å². The van der Waals surface area contributed by atoms with Gasteiger partial charge >= 0.3 is 0 Å². The first-order valence-electron chi connectivity index (χ1n) is 4.95. The van der Waals surface area contributed by atoms with Crippen molar-refractivity contribution in [2.75, 3.05) is 5.73 Å². The summed E-state index contributed by atoms with van der Waals surface area (Å²) in [5, 5.41) is 13.3. The Bertz CT molecular complexity index is 535. The van der Waals surface area contributed by atoms with E-state index in [0.29, 0.717) is 17.8 Å². The maximum atomic E-state index is 8.99. The Morgan fingerprint density at radius 3 is 2.62 bits per heavy atom. The average molecular weight is 213 g/mol. The van der Waals surface area contributed by atoms with Gasteiger partial charge in [0.15, 0.2) is 0 Å². The quantitative estimate of drug-likeness (QED) is 0.814. The van der Waals surface area contributed by atoms with Gasteiger partial charge in [0.2, 0.25) is 0 Å². The van der Waals surface area contributed by atoms with E-state index in [9.17, 15) is 0 Å². The van der Waals surface area contributed by atoms with Crippen LogP contribution in [0, 0.1) is 11.3 Å². The van der Waals surface area contributed by atoms with Gasteiger partial charge in [0.1, 0.15) is 17.5 Å². The molecule has 0 saturated heterocycles. The van der Waals surface area contributed by atoms with Gasteiger partial charge in [-0.2, -0.15) is 10.4 Å². The first-order valence-corrected chi connectivity index (χ1v) is 4.95. The highest BCUT2D eigenvalue weighted by Gasteiger charge is 2.14. The number of nitrogen functional groups attached to an aromatic ring is 1. The average Bonchev–Trinajstić information content (AvgIpc) is 2.66. The van der Waals surface area contributed by atoms with Crippen LogP contribution in [0.2, 0.25) is 0 Å². The number of aromatic nitrogens is 3. The molecule has 2 aromatic heterocycles. The van der Waals surface area contributed by atoms with E-state index in [1.165, 1.54) is 0 Å². The van der Waals surface area contributed by atoms with E-state index in [4.69, 9.17) is 11.0 Å². The molecule has 80 valence electrons. The zero-order valence-corrected chi connectivity index (χ0v) is 8.88. The lowest BCUT2D eigenvalue weighted by Crippen LogP contribution is -2.02. The maximum absolute atomic E-state index is 8.99. The zero-order chi connectivity index (χ0) is 11.5. The molecule has 2 N–H and O–H groups in total. The molecule has 2 rings (SSSR count). The third-order valence-corrected chi connectivity index (χ3v) is 2.35. The van der Waals surface area contributed by atoms with Crippen LogP contribution in [-0.2, 0) is 6.42 Å². The molecule has 0 aliphatic heterocycles. The summed E-state index contributed by atoms with van der Waals surface area (Å²) in [7, 11) is 0. The van der Waals surface area contributed by atoms with E-state index < -0.39 is 0 Å². The Morgan fingerprint density at radius 2 is 2.12 bits per heavy atom. The van der Waals surface area contributed by atoms with Crippen molar-refractivity contribution >= 4 is 5.82 Å². The number of hydrogen-bond donors (Lipinski definition) is 1. The Morgan fingerprint density at radius 1 is 1.44 bits per heavy atom. The van der Waals surface area contributed by atoms with Crippen LogP contribution in [0.3, 0.4) is 0 Å². The van der Waals surface area contributed by atoms with E-state index >= 15 is 0 Å². The Hall–Kier alpha value is -2.35. The van der Waals surface area contributed by atoms with Gasteiger partial charge in [-0.3, -0.25) is 4.98 Å². The topological polar surface area (TPSA) is 80.5 Å². The SMILES string of the molecule is CCc1nn(-c2ccncc2)c(N)c1C#N. The third kappa shape index (κ3) is 1.50. The highest BCUT2D eigenvalue weighted by molar-refractivity contribution is 5.55. The monoisotopic (exact) mass is 213 g/mol. The summed E-state index contributed by atoms with van der Waals surface area (Å²) in [5.41, 5.74) is 7.87. The van der Waals surface area contributed by atoms with Gasteiger partial charge in [-0.05, 0) is 18.6 Å². The molecule has 0 aliphatic carbocycles. The molecular weight excluding hydrogens is 202 g/mol. The van der Waals surface area contributed by atoms with Crippen molar-refractivity contribution in [1.82, 2.24) is 14.8 Å². The Kier molecular flexibility index (Phi) is 2.56. The molecule has 2 aromatic rings. The molecule has 0 atom stereocenters. The lowest BCUT2D eigenvalue weighted by atomic mass is 10.2. The molecule has 2 heterocycles. The molecule has 0 saturated carbocycles. The van der Waals surface area contributed by atoms with Gasteiger partial charge in [-0.15, -0.1) is 0 Å². The second-order valence-corrected chi connectivity index (χ2v) is 3.29. The van der Waals surface area contributed by atoms with Crippen LogP contribution in [-0.4, -0.2) is 14.8 Å². The number of nitriles is 1. The molecule has 0 spiro atoms. The maximum Gasteiger partial charge on any atom is 0.145 e. The van der Waals surface area contributed by atoms with E-state index in [2.05, 4.69) is 16.2 Å². The second-order valence-electron chi connectivity index (χ2n) is 3.29. The van der Waals surface area contributed by atoms with Crippen molar-refractivity contribution in [3.05, 3.63) is 35.8 Å². The van der Waals surface area contributed by atoms with Gasteiger partial charge < -0.3 is 5.73 Å². The minimum Gasteiger partial charge on any atom is -0.382 e. The van der Waals surface area contributed by atoms with Gasteiger partial charge in [-0.1, -0.05) is 6.92 Å². The van der Waals surface area contributed by atoms with Crippen molar-refractivity contribution < 1.29 is 0 Å². The fourth-order valence-corrected chi connectivity index (χ4v) is 1.53. The minimum atomic E-state index is 0.380. The molecule has 0 radical (unpaired) electrons. The van der Waals surface area contributed by atoms with Gasteiger partial charge in [-0.25, -0.2) is 4.68 Å². The van der Waals surface area contributed by atoms with Gasteiger partial charge in [0.05, 0.1) is 11.4 Å². The van der Waals surface area contributed by atoms with Crippen LogP contribution >= 0.6 is 0 Å². The third-order valence-electron chi connectivity index (χ3n) is 2.35. The molecule has 0 aromatic carbocycles. The lowest BCUT2D eigenvalue weighted by Gasteiger charge is -2.01. The van der Waals surface area contributed by atoms with Crippen molar-refractivity contribution in [1.29, 1.82) is 5.26 Å². The Labute approximate surface area is 93.1 Å². The van der Waals surface area contributed by atoms with Crippen LogP contribution in [0.25, 0.3) is 5.69 Å². The number of pyridine rings is 1. The van der Waals surface area contributed by atoms with E-state index in [1.54, 1.807) is 29.2 Å². The van der Waals surface area contributed by atoms with Crippen molar-refractivity contribution in [2.24, 2.45) is 0 Å². The van der Waals surface area contributed by atoms with Crippen molar-refractivity contribution in [3.8, 4) is 11.8 Å². The molecule has 5 nitrogen and oxygen atoms in total. The summed E-state index contributed by atoms with van der Waals surface area (Å²) >= 11 is 0. The fraction of sp³-hybridized carbons (Fsp3) is 0.182. The summed E-state index contributed by atoms with van der Waals surface area (Å²) in [5.74, 6) is 0.380. The van der Waals surface area contributed by atoms with Gasteiger partial charge in [0.25, 0.3) is 0 Å². The predicted octanol–water partition coefficient (Wildman–Crippen LogP) is 1.28. The van der Waals surface area contributed by atoms with Crippen molar-refractivity contribution in [3.63, 3.8) is 0 Å². The minimum absolute atomic E-state index is 0.380. The number of rotatable bonds is 2. The Balaban J connectivity index is 2.60. The highest BCUT2D eigenvalue weighted by Crippen LogP contribution is 2.20. The first kappa shape index (κ1) is 10.2. The summed E-state index contributed by atoms with van der Waals surface area (Å²) in [6.45, 7) is 1.94. The lowest BCUT2D eigenvalue weighted by molar-refractivity contribution is 0.847. The molecule has 5 heteroatoms. The summed E-state index contributed by atoms with van der Waals surface area (Å²) < 4.78 is 1.57. The number of aryl methyl sites for hydroxylation is 1. The van der Waals surface area contributed by atoms with Crippen LogP contribution in [0.1, 0.15) is 18.2 Å². The number of hydrogen-bond acceptors (Lipinski definition) is 4. The zero-order valence-electron chi connectivity index (χ0n) is 8.88. The highest BCUT2D eigenvalue weighted by atomic mass is 15.3. The second kappa shape index (κ2) is 4.03. The largest absolute Gasteiger partial charge is 0.382 e. The molecular formula is C11H11N5. The van der Waals surface area contributed by atoms with Crippen LogP contribution < -0.4 is 5.73 Å². The molecule has 0 amide bonds. The molecule has 0 unspecified atom stereocenters. The standard InChI is InChI=1S/C11H11N5/c1-2-10-9(7-12)11(13)16(15-10)8-3-5-14-6-4-8/h3-6H,2,13H2,1H3. The predicted molar refractivity (Wildman–Crippen MR) is 59.9 cm³/mol.